The molecule has 1 saturated heterocycles. The number of hydrogen-bond donors (Lipinski definition) is 0. The minimum Gasteiger partial charge on any atom is -0.374 e. The van der Waals surface area contributed by atoms with Gasteiger partial charge in [-0.15, -0.1) is 0 Å². The standard InChI is InChI=1S/C18H25F3N4/c1-15-12-24(10-11-25(15)14-18(19,20)21)13-16-4-6-17(7-5-16)23(2)9-3-8-22/h4-7,15H,3,9-14H2,1-2H3/t15-/m1/s1. The second kappa shape index (κ2) is 8.54. The van der Waals surface area contributed by atoms with Crippen molar-refractivity contribution in [1.82, 2.24) is 9.80 Å². The van der Waals surface area contributed by atoms with Crippen LogP contribution in [0, 0.1) is 11.3 Å². The lowest BCUT2D eigenvalue weighted by Gasteiger charge is -2.40. The molecule has 138 valence electrons. The van der Waals surface area contributed by atoms with Crippen LogP contribution in [0.2, 0.25) is 0 Å². The zero-order chi connectivity index (χ0) is 18.4. The van der Waals surface area contributed by atoms with E-state index in [4.69, 9.17) is 5.26 Å². The van der Waals surface area contributed by atoms with Crippen molar-refractivity contribution in [2.75, 3.05) is 44.7 Å². The molecule has 0 bridgehead atoms. The molecule has 0 saturated carbocycles. The third-order valence-corrected chi connectivity index (χ3v) is 4.57. The number of anilines is 1. The van der Waals surface area contributed by atoms with Gasteiger partial charge in [-0.05, 0) is 24.6 Å². The van der Waals surface area contributed by atoms with Gasteiger partial charge >= 0.3 is 6.18 Å². The van der Waals surface area contributed by atoms with Crippen LogP contribution in [0.25, 0.3) is 0 Å². The smallest absolute Gasteiger partial charge is 0.374 e. The first-order chi connectivity index (χ1) is 11.8. The summed E-state index contributed by atoms with van der Waals surface area (Å²) in [4.78, 5) is 5.74. The molecule has 0 spiro atoms. The van der Waals surface area contributed by atoms with Crippen molar-refractivity contribution in [1.29, 1.82) is 5.26 Å². The van der Waals surface area contributed by atoms with E-state index in [0.29, 0.717) is 32.6 Å². The fourth-order valence-corrected chi connectivity index (χ4v) is 3.14. The van der Waals surface area contributed by atoms with E-state index in [-0.39, 0.29) is 6.04 Å². The highest BCUT2D eigenvalue weighted by molar-refractivity contribution is 5.46. The summed E-state index contributed by atoms with van der Waals surface area (Å²) in [6.07, 6.45) is -3.65. The summed E-state index contributed by atoms with van der Waals surface area (Å²) < 4.78 is 37.7. The number of halogens is 3. The SMILES string of the molecule is C[C@@H]1CN(Cc2ccc(N(C)CCC#N)cc2)CCN1CC(F)(F)F. The minimum atomic E-state index is -4.14. The van der Waals surface area contributed by atoms with E-state index in [1.807, 2.05) is 43.1 Å². The summed E-state index contributed by atoms with van der Waals surface area (Å²) in [5.41, 5.74) is 2.20. The molecule has 1 fully saturated rings. The Morgan fingerprint density at radius 1 is 1.24 bits per heavy atom. The summed E-state index contributed by atoms with van der Waals surface area (Å²) in [5, 5.41) is 8.64. The van der Waals surface area contributed by atoms with Gasteiger partial charge in [0.15, 0.2) is 0 Å². The molecule has 2 rings (SSSR count). The van der Waals surface area contributed by atoms with Crippen molar-refractivity contribution in [3.05, 3.63) is 29.8 Å². The molecule has 0 radical (unpaired) electrons. The minimum absolute atomic E-state index is 0.105. The average Bonchev–Trinajstić information content (AvgIpc) is 2.55. The maximum Gasteiger partial charge on any atom is 0.401 e. The van der Waals surface area contributed by atoms with Crippen LogP contribution in [0.4, 0.5) is 18.9 Å². The molecule has 1 heterocycles. The van der Waals surface area contributed by atoms with Gasteiger partial charge in [0.1, 0.15) is 0 Å². The first-order valence-electron chi connectivity index (χ1n) is 8.48. The summed E-state index contributed by atoms with van der Waals surface area (Å²) in [6, 6.07) is 10.2. The maximum atomic E-state index is 12.6. The molecule has 1 aromatic carbocycles. The monoisotopic (exact) mass is 354 g/mol. The van der Waals surface area contributed by atoms with Crippen molar-refractivity contribution < 1.29 is 13.2 Å². The highest BCUT2D eigenvalue weighted by Gasteiger charge is 2.34. The van der Waals surface area contributed by atoms with Gasteiger partial charge < -0.3 is 4.90 Å². The summed E-state index contributed by atoms with van der Waals surface area (Å²) in [5.74, 6) is 0. The van der Waals surface area contributed by atoms with E-state index >= 15 is 0 Å². The van der Waals surface area contributed by atoms with Crippen LogP contribution in [0.5, 0.6) is 0 Å². The van der Waals surface area contributed by atoms with Crippen LogP contribution in [0.3, 0.4) is 0 Å². The van der Waals surface area contributed by atoms with Crippen LogP contribution in [-0.4, -0.2) is 61.8 Å². The molecule has 1 aliphatic rings. The molecular formula is C18H25F3N4. The van der Waals surface area contributed by atoms with E-state index < -0.39 is 12.7 Å². The van der Waals surface area contributed by atoms with Gasteiger partial charge in [0.2, 0.25) is 0 Å². The predicted molar refractivity (Wildman–Crippen MR) is 92.3 cm³/mol. The molecular weight excluding hydrogens is 329 g/mol. The fraction of sp³-hybridized carbons (Fsp3) is 0.611. The molecule has 1 atom stereocenters. The zero-order valence-electron chi connectivity index (χ0n) is 14.8. The van der Waals surface area contributed by atoms with Crippen LogP contribution in [-0.2, 0) is 6.54 Å². The molecule has 4 nitrogen and oxygen atoms in total. The quantitative estimate of drug-likeness (QED) is 0.786. The van der Waals surface area contributed by atoms with Gasteiger partial charge in [-0.2, -0.15) is 18.4 Å². The van der Waals surface area contributed by atoms with Crippen molar-refractivity contribution in [2.24, 2.45) is 0 Å². The number of nitriles is 1. The van der Waals surface area contributed by atoms with Crippen molar-refractivity contribution in [3.63, 3.8) is 0 Å². The molecule has 25 heavy (non-hydrogen) atoms. The molecule has 1 aliphatic heterocycles. The molecule has 1 aromatic rings. The topological polar surface area (TPSA) is 33.5 Å². The van der Waals surface area contributed by atoms with Gasteiger partial charge in [0.05, 0.1) is 19.0 Å². The lowest BCUT2D eigenvalue weighted by Crippen LogP contribution is -2.53. The number of hydrogen-bond acceptors (Lipinski definition) is 4. The van der Waals surface area contributed by atoms with Crippen molar-refractivity contribution in [2.45, 2.75) is 32.1 Å². The van der Waals surface area contributed by atoms with Crippen molar-refractivity contribution in [3.8, 4) is 6.07 Å². The average molecular weight is 354 g/mol. The molecule has 7 heteroatoms. The van der Waals surface area contributed by atoms with Crippen LogP contribution in [0.15, 0.2) is 24.3 Å². The largest absolute Gasteiger partial charge is 0.401 e. The maximum absolute atomic E-state index is 12.6. The van der Waals surface area contributed by atoms with Gasteiger partial charge in [-0.25, -0.2) is 0 Å². The molecule has 0 unspecified atom stereocenters. The van der Waals surface area contributed by atoms with E-state index in [0.717, 1.165) is 17.8 Å². The Bertz CT molecular complexity index is 579. The van der Waals surface area contributed by atoms with Crippen LogP contribution in [0.1, 0.15) is 18.9 Å². The lowest BCUT2D eigenvalue weighted by atomic mass is 10.1. The first kappa shape index (κ1) is 19.5. The van der Waals surface area contributed by atoms with E-state index in [1.165, 1.54) is 4.90 Å². The van der Waals surface area contributed by atoms with Crippen LogP contribution < -0.4 is 4.90 Å². The molecule has 0 aliphatic carbocycles. The third kappa shape index (κ3) is 6.22. The zero-order valence-corrected chi connectivity index (χ0v) is 14.8. The molecule has 0 amide bonds. The van der Waals surface area contributed by atoms with E-state index in [9.17, 15) is 13.2 Å². The van der Waals surface area contributed by atoms with Gasteiger partial charge in [-0.1, -0.05) is 12.1 Å². The number of nitrogens with zero attached hydrogens (tertiary/aromatic N) is 4. The Morgan fingerprint density at radius 3 is 2.48 bits per heavy atom. The second-order valence-electron chi connectivity index (χ2n) is 6.67. The first-order valence-corrected chi connectivity index (χ1v) is 8.48. The van der Waals surface area contributed by atoms with E-state index in [2.05, 4.69) is 11.0 Å². The highest BCUT2D eigenvalue weighted by atomic mass is 19.4. The Labute approximate surface area is 147 Å². The fourth-order valence-electron chi connectivity index (χ4n) is 3.14. The number of alkyl halides is 3. The number of rotatable bonds is 6. The number of benzene rings is 1. The van der Waals surface area contributed by atoms with Crippen molar-refractivity contribution >= 4 is 5.69 Å². The lowest BCUT2D eigenvalue weighted by molar-refractivity contribution is -0.155. The molecule has 0 N–H and O–H groups in total. The predicted octanol–water partition coefficient (Wildman–Crippen LogP) is 3.10. The number of piperazine rings is 1. The summed E-state index contributed by atoms with van der Waals surface area (Å²) in [7, 11) is 1.95. The normalized spacial score (nSPS) is 19.6. The third-order valence-electron chi connectivity index (χ3n) is 4.57. The van der Waals surface area contributed by atoms with Gasteiger partial charge in [0.25, 0.3) is 0 Å². The summed E-state index contributed by atoms with van der Waals surface area (Å²) >= 11 is 0. The second-order valence-corrected chi connectivity index (χ2v) is 6.67. The summed E-state index contributed by atoms with van der Waals surface area (Å²) in [6.45, 7) is 4.18. The highest BCUT2D eigenvalue weighted by Crippen LogP contribution is 2.21. The van der Waals surface area contributed by atoms with Gasteiger partial charge in [0, 0.05) is 51.5 Å². The Kier molecular flexibility index (Phi) is 6.68. The Hall–Kier alpha value is -1.78. The van der Waals surface area contributed by atoms with Crippen LogP contribution >= 0.6 is 0 Å². The molecule has 0 aromatic heterocycles. The van der Waals surface area contributed by atoms with E-state index in [1.54, 1.807) is 0 Å². The Morgan fingerprint density at radius 2 is 1.92 bits per heavy atom. The Balaban J connectivity index is 1.86. The van der Waals surface area contributed by atoms with Gasteiger partial charge in [-0.3, -0.25) is 9.80 Å².